The summed E-state index contributed by atoms with van der Waals surface area (Å²) in [5, 5.41) is 0. The molecular weight excluding hydrogens is 136 g/mol. The average Bonchev–Trinajstić information content (AvgIpc) is 1.72. The maximum Gasteiger partial charge on any atom is -0.00474 e. The molecule has 0 saturated carbocycles. The van der Waals surface area contributed by atoms with Gasteiger partial charge in [0, 0.05) is 0 Å². The third-order valence-corrected chi connectivity index (χ3v) is 1.34. The number of nitrogens with zero attached hydrogens (tertiary/aromatic N) is 1. The summed E-state index contributed by atoms with van der Waals surface area (Å²) in [5.41, 5.74) is 0. The van der Waals surface area contributed by atoms with Gasteiger partial charge in [0.05, 0.1) is 0 Å². The molecule has 3 heteroatoms. The Morgan fingerprint density at radius 2 is 1.11 bits per heavy atom. The van der Waals surface area contributed by atoms with Crippen LogP contribution < -0.4 is 6.15 Å². The van der Waals surface area contributed by atoms with E-state index in [4.69, 9.17) is 0 Å². The molecule has 0 aromatic rings. The maximum atomic E-state index is 2.38. The van der Waals surface area contributed by atoms with Crippen molar-refractivity contribution in [1.82, 2.24) is 11.1 Å². The molecule has 0 unspecified atom stereocenters. The fourth-order valence-electron chi connectivity index (χ4n) is 0.671. The Kier molecular flexibility index (Phi) is 19.8. The van der Waals surface area contributed by atoms with E-state index in [0.717, 1.165) is 0 Å². The van der Waals surface area contributed by atoms with E-state index in [0.29, 0.717) is 0 Å². The number of hydrogen-bond donors (Lipinski definition) is 1. The van der Waals surface area contributed by atoms with E-state index in [1.807, 2.05) is 0 Å². The molecule has 0 aliphatic carbocycles. The van der Waals surface area contributed by atoms with Crippen LogP contribution in [0.3, 0.4) is 0 Å². The van der Waals surface area contributed by atoms with Crippen LogP contribution >= 0.6 is 12.4 Å². The van der Waals surface area contributed by atoms with E-state index < -0.39 is 0 Å². The second kappa shape index (κ2) is 11.1. The highest BCUT2D eigenvalue weighted by atomic mass is 35.5. The van der Waals surface area contributed by atoms with Gasteiger partial charge in [0.1, 0.15) is 0 Å². The average molecular weight is 155 g/mol. The van der Waals surface area contributed by atoms with E-state index in [1.54, 1.807) is 0 Å². The first-order valence-electron chi connectivity index (χ1n) is 3.07. The second-order valence-electron chi connectivity index (χ2n) is 1.62. The van der Waals surface area contributed by atoms with Gasteiger partial charge in [-0.05, 0) is 19.6 Å². The number of hydrogen-bond acceptors (Lipinski definition) is 2. The van der Waals surface area contributed by atoms with Crippen molar-refractivity contribution in [1.29, 1.82) is 0 Å². The third kappa shape index (κ3) is 8.21. The number of halogens is 1. The normalized spacial score (nSPS) is 8.00. The van der Waals surface area contributed by atoms with Crippen LogP contribution in [0.4, 0.5) is 0 Å². The summed E-state index contributed by atoms with van der Waals surface area (Å²) in [5.74, 6) is 0. The molecule has 2 nitrogen and oxygen atoms in total. The standard InChI is InChI=1S/C6H15N.ClH.H3N/c1-4-7(5-2)6-3;;/h4-6H2,1-3H3;1H;1H3. The van der Waals surface area contributed by atoms with Crippen LogP contribution in [-0.2, 0) is 0 Å². The van der Waals surface area contributed by atoms with Gasteiger partial charge in [0.25, 0.3) is 0 Å². The zero-order chi connectivity index (χ0) is 5.70. The molecule has 0 rings (SSSR count). The van der Waals surface area contributed by atoms with E-state index in [2.05, 4.69) is 25.7 Å². The molecule has 0 aromatic carbocycles. The largest absolute Gasteiger partial charge is 0.344 e. The molecule has 0 spiro atoms. The highest BCUT2D eigenvalue weighted by molar-refractivity contribution is 5.85. The molecule has 0 atom stereocenters. The molecule has 3 N–H and O–H groups in total. The predicted molar refractivity (Wildman–Crippen MR) is 45.7 cm³/mol. The maximum absolute atomic E-state index is 2.38. The highest BCUT2D eigenvalue weighted by Gasteiger charge is 1.89. The van der Waals surface area contributed by atoms with Crippen LogP contribution in [-0.4, -0.2) is 24.5 Å². The van der Waals surface area contributed by atoms with Crippen molar-refractivity contribution < 1.29 is 0 Å². The molecule has 0 bridgehead atoms. The molecule has 9 heavy (non-hydrogen) atoms. The first kappa shape index (κ1) is 16.1. The fraction of sp³-hybridized carbons (Fsp3) is 1.00. The van der Waals surface area contributed by atoms with Crippen molar-refractivity contribution in [3.63, 3.8) is 0 Å². The lowest BCUT2D eigenvalue weighted by molar-refractivity contribution is 0.321. The van der Waals surface area contributed by atoms with Crippen molar-refractivity contribution in [2.75, 3.05) is 19.6 Å². The molecule has 0 aromatic heterocycles. The smallest absolute Gasteiger partial charge is 0.00474 e. The molecule has 0 heterocycles. The Morgan fingerprint density at radius 3 is 1.11 bits per heavy atom. The molecule has 60 valence electrons. The first-order chi connectivity index (χ1) is 3.35. The van der Waals surface area contributed by atoms with Crippen LogP contribution in [0.2, 0.25) is 0 Å². The molecule has 0 amide bonds. The third-order valence-electron chi connectivity index (χ3n) is 1.34. The Bertz CT molecular complexity index is 32.5. The van der Waals surface area contributed by atoms with Gasteiger partial charge in [-0.1, -0.05) is 20.8 Å². The summed E-state index contributed by atoms with van der Waals surface area (Å²) in [4.78, 5) is 2.38. The Morgan fingerprint density at radius 1 is 0.889 bits per heavy atom. The minimum Gasteiger partial charge on any atom is -0.344 e. The van der Waals surface area contributed by atoms with Crippen LogP contribution in [0.25, 0.3) is 0 Å². The van der Waals surface area contributed by atoms with Crippen molar-refractivity contribution >= 4 is 12.4 Å². The minimum atomic E-state index is 0. The monoisotopic (exact) mass is 154 g/mol. The van der Waals surface area contributed by atoms with Gasteiger partial charge in [-0.25, -0.2) is 0 Å². The molecular formula is C6H19ClN2. The zero-order valence-corrected chi connectivity index (χ0v) is 7.50. The summed E-state index contributed by atoms with van der Waals surface area (Å²) in [6, 6.07) is 0. The van der Waals surface area contributed by atoms with Crippen LogP contribution in [0.1, 0.15) is 20.8 Å². The molecule has 0 saturated heterocycles. The van der Waals surface area contributed by atoms with Gasteiger partial charge >= 0.3 is 0 Å². The summed E-state index contributed by atoms with van der Waals surface area (Å²) in [6.45, 7) is 10.1. The fourth-order valence-corrected chi connectivity index (χ4v) is 0.671. The van der Waals surface area contributed by atoms with Gasteiger partial charge in [0.15, 0.2) is 0 Å². The molecule has 0 aliphatic rings. The van der Waals surface area contributed by atoms with Crippen LogP contribution in [0, 0.1) is 0 Å². The lowest BCUT2D eigenvalue weighted by atomic mass is 10.5. The van der Waals surface area contributed by atoms with Crippen molar-refractivity contribution in [2.24, 2.45) is 0 Å². The quantitative estimate of drug-likeness (QED) is 0.675. The van der Waals surface area contributed by atoms with Gasteiger partial charge in [-0.3, -0.25) is 0 Å². The molecule has 0 radical (unpaired) electrons. The summed E-state index contributed by atoms with van der Waals surface area (Å²) < 4.78 is 0. The van der Waals surface area contributed by atoms with Crippen LogP contribution in [0.15, 0.2) is 0 Å². The second-order valence-corrected chi connectivity index (χ2v) is 1.62. The number of rotatable bonds is 3. The highest BCUT2D eigenvalue weighted by Crippen LogP contribution is 1.81. The van der Waals surface area contributed by atoms with Crippen molar-refractivity contribution in [3.8, 4) is 0 Å². The van der Waals surface area contributed by atoms with Crippen molar-refractivity contribution in [3.05, 3.63) is 0 Å². The Labute approximate surface area is 64.6 Å². The van der Waals surface area contributed by atoms with E-state index in [9.17, 15) is 0 Å². The minimum absolute atomic E-state index is 0. The summed E-state index contributed by atoms with van der Waals surface area (Å²) >= 11 is 0. The van der Waals surface area contributed by atoms with Gasteiger partial charge in [-0.2, -0.15) is 0 Å². The van der Waals surface area contributed by atoms with E-state index in [1.165, 1.54) is 19.6 Å². The lowest BCUT2D eigenvalue weighted by Crippen LogP contribution is -2.21. The topological polar surface area (TPSA) is 38.2 Å². The van der Waals surface area contributed by atoms with E-state index >= 15 is 0 Å². The van der Waals surface area contributed by atoms with E-state index in [-0.39, 0.29) is 18.6 Å². The Balaban J connectivity index is -0.000000180. The molecule has 0 aliphatic heterocycles. The Hall–Kier alpha value is 0.210. The predicted octanol–water partition coefficient (Wildman–Crippen LogP) is 1.93. The van der Waals surface area contributed by atoms with Gasteiger partial charge in [0.2, 0.25) is 0 Å². The zero-order valence-electron chi connectivity index (χ0n) is 6.68. The SMILES string of the molecule is CCN(CC)CC.Cl.N. The van der Waals surface area contributed by atoms with Crippen LogP contribution in [0.5, 0.6) is 0 Å². The lowest BCUT2D eigenvalue weighted by Gasteiger charge is -2.13. The van der Waals surface area contributed by atoms with Crippen molar-refractivity contribution in [2.45, 2.75) is 20.8 Å². The van der Waals surface area contributed by atoms with Gasteiger partial charge < -0.3 is 11.1 Å². The summed E-state index contributed by atoms with van der Waals surface area (Å²) in [7, 11) is 0. The van der Waals surface area contributed by atoms with Gasteiger partial charge in [-0.15, -0.1) is 12.4 Å². The summed E-state index contributed by atoms with van der Waals surface area (Å²) in [6.07, 6.45) is 0. The molecule has 0 fully saturated rings. The first-order valence-corrected chi connectivity index (χ1v) is 3.07.